The van der Waals surface area contributed by atoms with Crippen LogP contribution in [0.1, 0.15) is 11.1 Å². The molecule has 2 aliphatic heterocycles. The molecular weight excluding hydrogens is 712 g/mol. The lowest BCUT2D eigenvalue weighted by molar-refractivity contribution is 0.518. The highest BCUT2D eigenvalue weighted by atomic mass is 79.9. The topological polar surface area (TPSA) is 135 Å². The molecule has 0 fully saturated rings. The third kappa shape index (κ3) is 6.40. The fourth-order valence-electron chi connectivity index (χ4n) is 3.68. The first kappa shape index (κ1) is 29.9. The van der Waals surface area contributed by atoms with Crippen molar-refractivity contribution in [3.63, 3.8) is 0 Å². The van der Waals surface area contributed by atoms with Gasteiger partial charge in [0.1, 0.15) is 0 Å². The molecule has 4 heterocycles. The van der Waals surface area contributed by atoms with Gasteiger partial charge < -0.3 is 9.47 Å². The summed E-state index contributed by atoms with van der Waals surface area (Å²) in [5, 5.41) is 12.3. The normalized spacial score (nSPS) is 13.9. The number of nitrogens with zero attached hydrogens (tertiary/aromatic N) is 8. The number of ether oxygens (including phenoxy) is 2. The van der Waals surface area contributed by atoms with E-state index in [-0.39, 0.29) is 5.16 Å². The maximum Gasteiger partial charge on any atom is 0.249 e. The van der Waals surface area contributed by atoms with E-state index < -0.39 is 9.84 Å². The first-order valence-corrected chi connectivity index (χ1v) is 16.7. The zero-order valence-corrected chi connectivity index (χ0v) is 27.4. The molecule has 16 heteroatoms. The molecule has 4 aromatic rings. The summed E-state index contributed by atoms with van der Waals surface area (Å²) in [6.07, 6.45) is 5.99. The van der Waals surface area contributed by atoms with Crippen LogP contribution in [0.4, 0.5) is 11.6 Å². The number of halogens is 2. The van der Waals surface area contributed by atoms with Crippen LogP contribution in [0.5, 0.6) is 11.5 Å². The summed E-state index contributed by atoms with van der Waals surface area (Å²) < 4.78 is 36.3. The summed E-state index contributed by atoms with van der Waals surface area (Å²) in [4.78, 5) is 16.5. The predicted molar refractivity (Wildman–Crippen MR) is 168 cm³/mol. The van der Waals surface area contributed by atoms with E-state index >= 15 is 0 Å². The third-order valence-corrected chi connectivity index (χ3v) is 8.46. The Labute approximate surface area is 263 Å². The van der Waals surface area contributed by atoms with E-state index in [2.05, 4.69) is 62.0 Å². The van der Waals surface area contributed by atoms with Crippen LogP contribution in [-0.2, 0) is 9.84 Å². The molecular formula is C26H22Br2N8O4S2. The van der Waals surface area contributed by atoms with Gasteiger partial charge in [-0.25, -0.2) is 28.4 Å². The summed E-state index contributed by atoms with van der Waals surface area (Å²) in [6.45, 7) is 0. The molecule has 0 bridgehead atoms. The van der Waals surface area contributed by atoms with Gasteiger partial charge in [-0.3, -0.25) is 0 Å². The number of hydrogen-bond acceptors (Lipinski definition) is 13. The van der Waals surface area contributed by atoms with Gasteiger partial charge >= 0.3 is 0 Å². The van der Waals surface area contributed by atoms with Crippen LogP contribution in [-0.4, -0.2) is 66.8 Å². The van der Waals surface area contributed by atoms with Crippen molar-refractivity contribution in [3.05, 3.63) is 81.0 Å². The Morgan fingerprint density at radius 1 is 0.762 bits per heavy atom. The van der Waals surface area contributed by atoms with Crippen molar-refractivity contribution in [2.45, 2.75) is 10.3 Å². The van der Waals surface area contributed by atoms with E-state index in [4.69, 9.17) is 9.47 Å². The lowest BCUT2D eigenvalue weighted by Gasteiger charge is -2.23. The van der Waals surface area contributed by atoms with Gasteiger partial charge in [-0.2, -0.15) is 9.97 Å². The van der Waals surface area contributed by atoms with Crippen molar-refractivity contribution in [2.75, 3.05) is 36.6 Å². The Kier molecular flexibility index (Phi) is 8.77. The van der Waals surface area contributed by atoms with Crippen molar-refractivity contribution >= 4 is 76.9 Å². The molecule has 6 rings (SSSR count). The van der Waals surface area contributed by atoms with Gasteiger partial charge in [0, 0.05) is 29.3 Å². The van der Waals surface area contributed by atoms with Crippen molar-refractivity contribution in [1.29, 1.82) is 0 Å². The average Bonchev–Trinajstić information content (AvgIpc) is 2.97. The van der Waals surface area contributed by atoms with E-state index in [1.807, 2.05) is 61.8 Å². The molecule has 42 heavy (non-hydrogen) atoms. The molecule has 0 radical (unpaired) electrons. The van der Waals surface area contributed by atoms with Gasteiger partial charge in [0.05, 0.1) is 23.5 Å². The predicted octanol–water partition coefficient (Wildman–Crippen LogP) is 4.98. The van der Waals surface area contributed by atoms with Crippen LogP contribution in [0.25, 0.3) is 0 Å². The molecule has 2 aromatic heterocycles. The maximum absolute atomic E-state index is 11.5. The molecule has 2 aromatic carbocycles. The summed E-state index contributed by atoms with van der Waals surface area (Å²) in [7, 11) is 0.0140. The molecule has 12 nitrogen and oxygen atoms in total. The second-order valence-electron chi connectivity index (χ2n) is 8.68. The highest BCUT2D eigenvalue weighted by Crippen LogP contribution is 2.33. The first-order valence-electron chi connectivity index (χ1n) is 12.0. The molecule has 0 amide bonds. The maximum atomic E-state index is 11.5. The molecule has 0 spiro atoms. The lowest BCUT2D eigenvalue weighted by atomic mass is 10.2. The number of thioether (sulfide) groups is 1. The smallest absolute Gasteiger partial charge is 0.249 e. The minimum atomic E-state index is -3.49. The van der Waals surface area contributed by atoms with Crippen LogP contribution in [0, 0.1) is 0 Å². The summed E-state index contributed by atoms with van der Waals surface area (Å²) >= 11 is 8.42. The van der Waals surface area contributed by atoms with E-state index in [0.717, 1.165) is 26.3 Å². The minimum Gasteiger partial charge on any atom is -0.431 e. The first-order chi connectivity index (χ1) is 20.0. The zero-order valence-electron chi connectivity index (χ0n) is 22.6. The van der Waals surface area contributed by atoms with Crippen LogP contribution >= 0.6 is 43.6 Å². The Balaban J connectivity index is 0.000000169. The van der Waals surface area contributed by atoms with Crippen LogP contribution in [0.2, 0.25) is 0 Å². The van der Waals surface area contributed by atoms with Crippen molar-refractivity contribution in [1.82, 2.24) is 19.9 Å². The molecule has 0 unspecified atom stereocenters. The average molecular weight is 734 g/mol. The second-order valence-corrected chi connectivity index (χ2v) is 13.1. The van der Waals surface area contributed by atoms with Crippen LogP contribution in [0.3, 0.4) is 0 Å². The number of rotatable bonds is 4. The Morgan fingerprint density at radius 2 is 1.24 bits per heavy atom. The second kappa shape index (κ2) is 12.3. The van der Waals surface area contributed by atoms with Crippen molar-refractivity contribution in [2.24, 2.45) is 10.2 Å². The number of hydrogen-bond donors (Lipinski definition) is 0. The van der Waals surface area contributed by atoms with E-state index in [1.165, 1.54) is 23.0 Å². The Bertz CT molecular complexity index is 1840. The quantitative estimate of drug-likeness (QED) is 0.208. The Morgan fingerprint density at radius 3 is 1.71 bits per heavy atom. The van der Waals surface area contributed by atoms with Crippen LogP contribution < -0.4 is 19.5 Å². The third-order valence-electron chi connectivity index (χ3n) is 5.66. The van der Waals surface area contributed by atoms with Gasteiger partial charge in [0.2, 0.25) is 26.8 Å². The number of aromatic nitrogens is 4. The molecule has 0 aliphatic carbocycles. The number of benzene rings is 2. The van der Waals surface area contributed by atoms with Crippen molar-refractivity contribution < 1.29 is 17.9 Å². The van der Waals surface area contributed by atoms with E-state index in [1.54, 1.807) is 18.3 Å². The standard InChI is InChI=1S/C13H11BrN4O3S.C13H11BrN4OS/c1-18-11-10(7-15-13(16-11)22(2,19)20)21-12(17-18)8-5-3-4-6-9(8)14;1-18-11-10(7-15-13(16-11)20-2)19-12(17-18)8-5-3-4-6-9(8)14/h3-7H,1-2H3;3-7H,1-2H3. The lowest BCUT2D eigenvalue weighted by Crippen LogP contribution is -2.26. The summed E-state index contributed by atoms with van der Waals surface area (Å²) in [5.74, 6) is 2.80. The molecule has 0 atom stereocenters. The summed E-state index contributed by atoms with van der Waals surface area (Å²) in [6, 6.07) is 15.3. The highest BCUT2D eigenvalue weighted by molar-refractivity contribution is 9.10. The zero-order chi connectivity index (χ0) is 30.0. The number of hydrazone groups is 2. The number of sulfone groups is 1. The van der Waals surface area contributed by atoms with Gasteiger partial charge in [-0.15, -0.1) is 10.2 Å². The largest absolute Gasteiger partial charge is 0.431 e. The fraction of sp³-hybridized carbons (Fsp3) is 0.154. The van der Waals surface area contributed by atoms with Gasteiger partial charge in [0.15, 0.2) is 28.3 Å². The van der Waals surface area contributed by atoms with Crippen LogP contribution in [0.15, 0.2) is 90.4 Å². The van der Waals surface area contributed by atoms with Gasteiger partial charge in [0.25, 0.3) is 0 Å². The van der Waals surface area contributed by atoms with Crippen molar-refractivity contribution in [3.8, 4) is 11.5 Å². The molecule has 0 N–H and O–H groups in total. The van der Waals surface area contributed by atoms with Gasteiger partial charge in [-0.1, -0.05) is 36.0 Å². The minimum absolute atomic E-state index is 0.263. The molecule has 216 valence electrons. The number of fused-ring (bicyclic) bond motifs is 2. The van der Waals surface area contributed by atoms with Gasteiger partial charge in [-0.05, 0) is 62.4 Å². The highest BCUT2D eigenvalue weighted by Gasteiger charge is 2.26. The monoisotopic (exact) mass is 732 g/mol. The molecule has 0 saturated heterocycles. The van der Waals surface area contributed by atoms with E-state index in [9.17, 15) is 8.42 Å². The molecule has 0 saturated carbocycles. The number of anilines is 2. The Hall–Kier alpha value is -3.60. The summed E-state index contributed by atoms with van der Waals surface area (Å²) in [5.41, 5.74) is 1.66. The van der Waals surface area contributed by atoms with E-state index in [0.29, 0.717) is 40.1 Å². The fourth-order valence-corrected chi connectivity index (χ4v) is 5.42. The molecule has 2 aliphatic rings. The SMILES string of the molecule is CN1N=C(c2ccccc2Br)Oc2cnc(S(C)(=O)=O)nc21.CSc1ncc2c(n1)N(C)N=C(c1ccccc1Br)O2.